The molecule has 0 aromatic carbocycles. The Kier molecular flexibility index (Phi) is 6.68. The van der Waals surface area contributed by atoms with Gasteiger partial charge in [0.2, 0.25) is 0 Å². The van der Waals surface area contributed by atoms with Gasteiger partial charge in [0, 0.05) is 19.5 Å². The van der Waals surface area contributed by atoms with Gasteiger partial charge >= 0.3 is 0 Å². The predicted octanol–water partition coefficient (Wildman–Crippen LogP) is 2.61. The summed E-state index contributed by atoms with van der Waals surface area (Å²) in [6.45, 7) is 5.55. The molecule has 104 valence electrons. The number of aromatic amines is 1. The molecular formula is C13H24ClN3O. The summed E-state index contributed by atoms with van der Waals surface area (Å²) >= 11 is 6.11. The number of halogens is 1. The Morgan fingerprint density at radius 3 is 2.83 bits per heavy atom. The predicted molar refractivity (Wildman–Crippen MR) is 74.8 cm³/mol. The van der Waals surface area contributed by atoms with Gasteiger partial charge in [-0.05, 0) is 26.8 Å². The first-order valence-electron chi connectivity index (χ1n) is 6.62. The van der Waals surface area contributed by atoms with Gasteiger partial charge < -0.3 is 15.0 Å². The normalized spacial score (nSPS) is 13.2. The molecule has 1 aromatic rings. The summed E-state index contributed by atoms with van der Waals surface area (Å²) in [6.07, 6.45) is 3.74. The van der Waals surface area contributed by atoms with Crippen LogP contribution < -0.4 is 0 Å². The summed E-state index contributed by atoms with van der Waals surface area (Å²) in [5.41, 5.74) is 0.968. The fourth-order valence-corrected chi connectivity index (χ4v) is 1.97. The average molecular weight is 274 g/mol. The largest absolute Gasteiger partial charge is 0.393 e. The van der Waals surface area contributed by atoms with E-state index in [1.54, 1.807) is 6.92 Å². The van der Waals surface area contributed by atoms with Crippen molar-refractivity contribution in [1.82, 2.24) is 14.9 Å². The fourth-order valence-electron chi connectivity index (χ4n) is 1.76. The van der Waals surface area contributed by atoms with Crippen molar-refractivity contribution in [3.8, 4) is 0 Å². The van der Waals surface area contributed by atoms with E-state index in [1.807, 2.05) is 7.05 Å². The van der Waals surface area contributed by atoms with Crippen molar-refractivity contribution in [3.63, 3.8) is 0 Å². The molecule has 1 atom stereocenters. The van der Waals surface area contributed by atoms with Gasteiger partial charge in [0.25, 0.3) is 0 Å². The Bertz CT molecular complexity index is 352. The Morgan fingerprint density at radius 1 is 1.50 bits per heavy atom. The van der Waals surface area contributed by atoms with Crippen LogP contribution in [0.5, 0.6) is 0 Å². The number of aliphatic hydroxyl groups excluding tert-OH is 1. The molecule has 0 unspecified atom stereocenters. The lowest BCUT2D eigenvalue weighted by Gasteiger charge is -2.16. The van der Waals surface area contributed by atoms with Crippen molar-refractivity contribution < 1.29 is 5.11 Å². The molecule has 5 heteroatoms. The van der Waals surface area contributed by atoms with Crippen molar-refractivity contribution >= 4 is 11.6 Å². The number of nitrogens with zero attached hydrogens (tertiary/aromatic N) is 2. The summed E-state index contributed by atoms with van der Waals surface area (Å²) in [5, 5.41) is 9.82. The SMILES string of the molecule is CCCCc1nc(Cl)c(CN(C)CC[C@@H](C)O)[nH]1. The number of hydrogen-bond donors (Lipinski definition) is 2. The number of aromatic nitrogens is 2. The topological polar surface area (TPSA) is 52.1 Å². The minimum Gasteiger partial charge on any atom is -0.393 e. The molecule has 1 aromatic heterocycles. The van der Waals surface area contributed by atoms with Crippen LogP contribution in [0.3, 0.4) is 0 Å². The molecule has 4 nitrogen and oxygen atoms in total. The Hall–Kier alpha value is -0.580. The quantitative estimate of drug-likeness (QED) is 0.766. The number of imidazole rings is 1. The average Bonchev–Trinajstić information content (AvgIpc) is 2.65. The number of H-pyrrole nitrogens is 1. The highest BCUT2D eigenvalue weighted by Crippen LogP contribution is 2.16. The maximum absolute atomic E-state index is 9.25. The molecule has 0 saturated carbocycles. The Balaban J connectivity index is 2.47. The monoisotopic (exact) mass is 273 g/mol. The first-order chi connectivity index (χ1) is 8.52. The van der Waals surface area contributed by atoms with Crippen molar-refractivity contribution in [2.24, 2.45) is 0 Å². The van der Waals surface area contributed by atoms with Gasteiger partial charge in [0.1, 0.15) is 5.82 Å². The molecule has 0 fully saturated rings. The van der Waals surface area contributed by atoms with Gasteiger partial charge in [-0.3, -0.25) is 0 Å². The molecule has 1 rings (SSSR count). The lowest BCUT2D eigenvalue weighted by Crippen LogP contribution is -2.22. The van der Waals surface area contributed by atoms with Gasteiger partial charge in [-0.15, -0.1) is 0 Å². The van der Waals surface area contributed by atoms with E-state index in [1.165, 1.54) is 0 Å². The molecule has 0 aliphatic heterocycles. The van der Waals surface area contributed by atoms with Crippen LogP contribution in [0, 0.1) is 0 Å². The van der Waals surface area contributed by atoms with Crippen molar-refractivity contribution in [2.45, 2.75) is 52.2 Å². The zero-order valence-corrected chi connectivity index (χ0v) is 12.3. The maximum Gasteiger partial charge on any atom is 0.151 e. The highest BCUT2D eigenvalue weighted by atomic mass is 35.5. The smallest absolute Gasteiger partial charge is 0.151 e. The van der Waals surface area contributed by atoms with Gasteiger partial charge in [-0.1, -0.05) is 24.9 Å². The minimum absolute atomic E-state index is 0.259. The summed E-state index contributed by atoms with van der Waals surface area (Å²) in [7, 11) is 2.02. The van der Waals surface area contributed by atoms with Gasteiger partial charge in [0.05, 0.1) is 11.8 Å². The first-order valence-corrected chi connectivity index (χ1v) is 7.00. The molecule has 1 heterocycles. The Labute approximate surface area is 114 Å². The number of aliphatic hydroxyl groups is 1. The third-order valence-electron chi connectivity index (χ3n) is 2.90. The summed E-state index contributed by atoms with van der Waals surface area (Å²) < 4.78 is 0. The maximum atomic E-state index is 9.25. The highest BCUT2D eigenvalue weighted by molar-refractivity contribution is 6.30. The number of aryl methyl sites for hydroxylation is 1. The Morgan fingerprint density at radius 2 is 2.22 bits per heavy atom. The van der Waals surface area contributed by atoms with Crippen LogP contribution >= 0.6 is 11.6 Å². The third kappa shape index (κ3) is 5.38. The van der Waals surface area contributed by atoms with E-state index >= 15 is 0 Å². The first kappa shape index (κ1) is 15.5. The van der Waals surface area contributed by atoms with Crippen molar-refractivity contribution in [3.05, 3.63) is 16.7 Å². The van der Waals surface area contributed by atoms with Crippen molar-refractivity contribution in [2.75, 3.05) is 13.6 Å². The van der Waals surface area contributed by atoms with Gasteiger partial charge in [-0.25, -0.2) is 4.98 Å². The number of nitrogens with one attached hydrogen (secondary N) is 1. The zero-order valence-electron chi connectivity index (χ0n) is 11.5. The molecular weight excluding hydrogens is 250 g/mol. The van der Waals surface area contributed by atoms with Crippen LogP contribution in [0.25, 0.3) is 0 Å². The van der Waals surface area contributed by atoms with Crippen molar-refractivity contribution in [1.29, 1.82) is 0 Å². The molecule has 0 aliphatic rings. The van der Waals surface area contributed by atoms with E-state index in [-0.39, 0.29) is 6.10 Å². The summed E-state index contributed by atoms with van der Waals surface area (Å²) in [4.78, 5) is 9.75. The lowest BCUT2D eigenvalue weighted by atomic mass is 10.2. The van der Waals surface area contributed by atoms with E-state index < -0.39 is 0 Å². The van der Waals surface area contributed by atoms with Crippen LogP contribution in [-0.4, -0.2) is 39.7 Å². The second-order valence-corrected chi connectivity index (χ2v) is 5.29. The molecule has 0 bridgehead atoms. The van der Waals surface area contributed by atoms with Gasteiger partial charge in [-0.2, -0.15) is 0 Å². The van der Waals surface area contributed by atoms with E-state index in [0.717, 1.165) is 50.3 Å². The standard InChI is InChI=1S/C13H24ClN3O/c1-4-5-6-12-15-11(13(14)16-12)9-17(3)8-7-10(2)18/h10,18H,4-9H2,1-3H3,(H,15,16)/t10-/m1/s1. The fraction of sp³-hybridized carbons (Fsp3) is 0.769. The molecule has 0 radical (unpaired) electrons. The summed E-state index contributed by atoms with van der Waals surface area (Å²) in [5.74, 6) is 0.973. The van der Waals surface area contributed by atoms with E-state index in [2.05, 4.69) is 21.8 Å². The molecule has 0 spiro atoms. The van der Waals surface area contributed by atoms with Crippen LogP contribution in [0.15, 0.2) is 0 Å². The van der Waals surface area contributed by atoms with Gasteiger partial charge in [0.15, 0.2) is 5.15 Å². The number of hydrogen-bond acceptors (Lipinski definition) is 3. The second kappa shape index (κ2) is 7.77. The highest BCUT2D eigenvalue weighted by Gasteiger charge is 2.10. The second-order valence-electron chi connectivity index (χ2n) is 4.93. The zero-order chi connectivity index (χ0) is 13.5. The van der Waals surface area contributed by atoms with E-state index in [9.17, 15) is 5.11 Å². The minimum atomic E-state index is -0.259. The molecule has 2 N–H and O–H groups in total. The number of unbranched alkanes of at least 4 members (excludes halogenated alkanes) is 1. The molecule has 18 heavy (non-hydrogen) atoms. The van der Waals surface area contributed by atoms with Crippen LogP contribution in [0.2, 0.25) is 5.15 Å². The number of rotatable bonds is 8. The van der Waals surface area contributed by atoms with Crippen LogP contribution in [-0.2, 0) is 13.0 Å². The third-order valence-corrected chi connectivity index (χ3v) is 3.21. The lowest BCUT2D eigenvalue weighted by molar-refractivity contribution is 0.162. The van der Waals surface area contributed by atoms with Crippen LogP contribution in [0.4, 0.5) is 0 Å². The molecule has 0 aliphatic carbocycles. The van der Waals surface area contributed by atoms with E-state index in [4.69, 9.17) is 11.6 Å². The molecule has 0 amide bonds. The van der Waals surface area contributed by atoms with Crippen LogP contribution in [0.1, 0.15) is 44.6 Å². The summed E-state index contributed by atoms with van der Waals surface area (Å²) in [6, 6.07) is 0. The molecule has 0 saturated heterocycles. The van der Waals surface area contributed by atoms with E-state index in [0.29, 0.717) is 5.15 Å².